The number of hydrogen-bond acceptors (Lipinski definition) is 4. The van der Waals surface area contributed by atoms with Crippen LogP contribution in [0.2, 0.25) is 0 Å². The van der Waals surface area contributed by atoms with Crippen LogP contribution in [0, 0.1) is 0 Å². The van der Waals surface area contributed by atoms with Crippen LogP contribution in [0.15, 0.2) is 6.33 Å². The molecule has 2 unspecified atom stereocenters. The number of nitrogens with two attached hydrogens (primary N) is 1. The van der Waals surface area contributed by atoms with E-state index in [4.69, 9.17) is 10.5 Å². The van der Waals surface area contributed by atoms with Gasteiger partial charge in [-0.3, -0.25) is 0 Å². The van der Waals surface area contributed by atoms with Gasteiger partial charge in [-0.05, 0) is 26.2 Å². The number of aryl methyl sites for hydroxylation is 1. The average Bonchev–Trinajstić information content (AvgIpc) is 2.83. The summed E-state index contributed by atoms with van der Waals surface area (Å²) < 4.78 is 7.61. The molecule has 0 saturated heterocycles. The lowest BCUT2D eigenvalue weighted by Gasteiger charge is -2.11. The molecule has 1 fully saturated rings. The maximum absolute atomic E-state index is 5.82. The zero-order chi connectivity index (χ0) is 10.7. The Bertz CT molecular complexity index is 312. The van der Waals surface area contributed by atoms with Crippen molar-refractivity contribution in [2.75, 3.05) is 0 Å². The average molecular weight is 210 g/mol. The van der Waals surface area contributed by atoms with Gasteiger partial charge in [0.05, 0.1) is 6.10 Å². The van der Waals surface area contributed by atoms with Crippen molar-refractivity contribution < 1.29 is 4.74 Å². The number of nitrogens with zero attached hydrogens (tertiary/aromatic N) is 3. The van der Waals surface area contributed by atoms with Gasteiger partial charge in [-0.25, -0.2) is 9.67 Å². The maximum atomic E-state index is 5.82. The first kappa shape index (κ1) is 10.6. The lowest BCUT2D eigenvalue weighted by atomic mass is 10.3. The molecule has 5 heteroatoms. The molecule has 0 spiro atoms. The van der Waals surface area contributed by atoms with Crippen LogP contribution in [-0.2, 0) is 17.9 Å². The molecule has 0 bridgehead atoms. The molecule has 0 aliphatic heterocycles. The first-order valence-corrected chi connectivity index (χ1v) is 5.53. The van der Waals surface area contributed by atoms with Crippen LogP contribution < -0.4 is 5.73 Å². The number of aromatic nitrogens is 3. The van der Waals surface area contributed by atoms with E-state index in [9.17, 15) is 0 Å². The Morgan fingerprint density at radius 2 is 2.47 bits per heavy atom. The van der Waals surface area contributed by atoms with Crippen molar-refractivity contribution in [1.29, 1.82) is 0 Å². The van der Waals surface area contributed by atoms with Gasteiger partial charge in [0.15, 0.2) is 5.82 Å². The zero-order valence-electron chi connectivity index (χ0n) is 9.09. The second-order valence-electron chi connectivity index (χ2n) is 4.00. The van der Waals surface area contributed by atoms with Crippen molar-refractivity contribution in [2.45, 2.75) is 51.5 Å². The minimum Gasteiger partial charge on any atom is -0.370 e. The molecule has 1 heterocycles. The summed E-state index contributed by atoms with van der Waals surface area (Å²) in [4.78, 5) is 4.16. The summed E-state index contributed by atoms with van der Waals surface area (Å²) >= 11 is 0. The Labute approximate surface area is 89.6 Å². The summed E-state index contributed by atoms with van der Waals surface area (Å²) in [5.41, 5.74) is 5.82. The van der Waals surface area contributed by atoms with Crippen LogP contribution >= 0.6 is 0 Å². The Balaban J connectivity index is 1.83. The van der Waals surface area contributed by atoms with Crippen LogP contribution in [0.25, 0.3) is 0 Å². The predicted molar refractivity (Wildman–Crippen MR) is 56.1 cm³/mol. The molecule has 15 heavy (non-hydrogen) atoms. The summed E-state index contributed by atoms with van der Waals surface area (Å²) in [5, 5.41) is 4.10. The molecule has 84 valence electrons. The third-order valence-electron chi connectivity index (χ3n) is 2.87. The van der Waals surface area contributed by atoms with Gasteiger partial charge in [-0.15, -0.1) is 0 Å². The molecule has 1 aromatic heterocycles. The van der Waals surface area contributed by atoms with E-state index in [0.717, 1.165) is 31.6 Å². The fraction of sp³-hybridized carbons (Fsp3) is 0.800. The molecular weight excluding hydrogens is 192 g/mol. The van der Waals surface area contributed by atoms with Crippen molar-refractivity contribution in [3.8, 4) is 0 Å². The van der Waals surface area contributed by atoms with Crippen molar-refractivity contribution in [3.63, 3.8) is 0 Å². The molecule has 0 radical (unpaired) electrons. The van der Waals surface area contributed by atoms with E-state index in [-0.39, 0.29) is 0 Å². The van der Waals surface area contributed by atoms with Gasteiger partial charge in [0, 0.05) is 12.6 Å². The first-order chi connectivity index (χ1) is 7.29. The van der Waals surface area contributed by atoms with E-state index in [1.807, 2.05) is 11.6 Å². The van der Waals surface area contributed by atoms with Crippen molar-refractivity contribution >= 4 is 0 Å². The highest BCUT2D eigenvalue weighted by Crippen LogP contribution is 2.21. The van der Waals surface area contributed by atoms with E-state index in [0.29, 0.717) is 18.8 Å². The van der Waals surface area contributed by atoms with Crippen LogP contribution in [0.4, 0.5) is 0 Å². The van der Waals surface area contributed by atoms with Gasteiger partial charge in [0.2, 0.25) is 0 Å². The lowest BCUT2D eigenvalue weighted by molar-refractivity contribution is 0.0388. The van der Waals surface area contributed by atoms with E-state index in [1.165, 1.54) is 0 Å². The fourth-order valence-electron chi connectivity index (χ4n) is 1.98. The van der Waals surface area contributed by atoms with Crippen LogP contribution in [0.5, 0.6) is 0 Å². The van der Waals surface area contributed by atoms with E-state index < -0.39 is 0 Å². The summed E-state index contributed by atoms with van der Waals surface area (Å²) in [6.07, 6.45) is 5.00. The zero-order valence-corrected chi connectivity index (χ0v) is 9.09. The van der Waals surface area contributed by atoms with E-state index in [2.05, 4.69) is 10.1 Å². The predicted octanol–water partition coefficient (Wildman–Crippen LogP) is 0.694. The highest BCUT2D eigenvalue weighted by Gasteiger charge is 2.22. The Morgan fingerprint density at radius 3 is 3.13 bits per heavy atom. The molecule has 1 aliphatic carbocycles. The Hall–Kier alpha value is -0.940. The highest BCUT2D eigenvalue weighted by atomic mass is 16.5. The summed E-state index contributed by atoms with van der Waals surface area (Å²) in [5.74, 6) is 0.901. The molecule has 5 nitrogen and oxygen atoms in total. The molecule has 1 aromatic rings. The summed E-state index contributed by atoms with van der Waals surface area (Å²) in [6, 6.07) is 0.319. The van der Waals surface area contributed by atoms with Gasteiger partial charge in [-0.2, -0.15) is 5.10 Å². The van der Waals surface area contributed by atoms with Gasteiger partial charge in [0.1, 0.15) is 12.9 Å². The van der Waals surface area contributed by atoms with Crippen LogP contribution in [0.1, 0.15) is 32.0 Å². The van der Waals surface area contributed by atoms with E-state index in [1.54, 1.807) is 6.33 Å². The quantitative estimate of drug-likeness (QED) is 0.794. The SMILES string of the molecule is CCn1ncnc1COC1CCC(N)C1. The number of rotatable bonds is 4. The molecule has 1 aliphatic rings. The minimum absolute atomic E-state index is 0.307. The topological polar surface area (TPSA) is 66.0 Å². The minimum atomic E-state index is 0.307. The molecule has 1 saturated carbocycles. The van der Waals surface area contributed by atoms with Gasteiger partial charge in [0.25, 0.3) is 0 Å². The van der Waals surface area contributed by atoms with Crippen molar-refractivity contribution in [3.05, 3.63) is 12.2 Å². The Kier molecular flexibility index (Phi) is 3.33. The summed E-state index contributed by atoms with van der Waals surface area (Å²) in [6.45, 7) is 3.43. The van der Waals surface area contributed by atoms with Crippen molar-refractivity contribution in [2.24, 2.45) is 5.73 Å². The van der Waals surface area contributed by atoms with Crippen LogP contribution in [-0.4, -0.2) is 26.9 Å². The second kappa shape index (κ2) is 4.72. The third-order valence-corrected chi connectivity index (χ3v) is 2.87. The second-order valence-corrected chi connectivity index (χ2v) is 4.00. The summed E-state index contributed by atoms with van der Waals surface area (Å²) in [7, 11) is 0. The maximum Gasteiger partial charge on any atom is 0.152 e. The number of ether oxygens (including phenoxy) is 1. The van der Waals surface area contributed by atoms with Crippen LogP contribution in [0.3, 0.4) is 0 Å². The fourth-order valence-corrected chi connectivity index (χ4v) is 1.98. The van der Waals surface area contributed by atoms with Crippen molar-refractivity contribution in [1.82, 2.24) is 14.8 Å². The molecular formula is C10H18N4O. The third kappa shape index (κ3) is 2.54. The van der Waals surface area contributed by atoms with Gasteiger partial charge in [-0.1, -0.05) is 0 Å². The largest absolute Gasteiger partial charge is 0.370 e. The Morgan fingerprint density at radius 1 is 1.60 bits per heavy atom. The van der Waals surface area contributed by atoms with E-state index >= 15 is 0 Å². The standard InChI is InChI=1S/C10H18N4O/c1-2-14-10(12-7-13-14)6-15-9-4-3-8(11)5-9/h7-9H,2-6,11H2,1H3. The smallest absolute Gasteiger partial charge is 0.152 e. The molecule has 2 N–H and O–H groups in total. The molecule has 2 atom stereocenters. The number of hydrogen-bond donors (Lipinski definition) is 1. The highest BCUT2D eigenvalue weighted by molar-refractivity contribution is 4.83. The normalized spacial score (nSPS) is 26.0. The lowest BCUT2D eigenvalue weighted by Crippen LogP contribution is -2.18. The molecule has 0 amide bonds. The first-order valence-electron chi connectivity index (χ1n) is 5.53. The molecule has 2 rings (SSSR count). The monoisotopic (exact) mass is 210 g/mol. The van der Waals surface area contributed by atoms with Gasteiger partial charge < -0.3 is 10.5 Å². The molecule has 0 aromatic carbocycles. The van der Waals surface area contributed by atoms with Gasteiger partial charge >= 0.3 is 0 Å².